The van der Waals surface area contributed by atoms with Crippen molar-refractivity contribution >= 4 is 32.5 Å². The van der Waals surface area contributed by atoms with Crippen molar-refractivity contribution in [2.75, 3.05) is 7.11 Å². The van der Waals surface area contributed by atoms with Gasteiger partial charge in [0, 0.05) is 5.39 Å². The molecule has 0 N–H and O–H groups in total. The Balaban J connectivity index is 1.94. The van der Waals surface area contributed by atoms with Gasteiger partial charge in [0.1, 0.15) is 16.3 Å². The summed E-state index contributed by atoms with van der Waals surface area (Å²) in [7, 11) is 1.63. The Kier molecular flexibility index (Phi) is 2.94. The number of rotatable bonds is 2. The monoisotopic (exact) mass is 309 g/mol. The van der Waals surface area contributed by atoms with Crippen LogP contribution in [0.25, 0.3) is 31.8 Å². The second-order valence-electron chi connectivity index (χ2n) is 4.84. The van der Waals surface area contributed by atoms with E-state index in [-0.39, 0.29) is 5.63 Å². The summed E-state index contributed by atoms with van der Waals surface area (Å²) in [5.74, 6) is 0.772. The van der Waals surface area contributed by atoms with E-state index in [1.54, 1.807) is 13.2 Å². The van der Waals surface area contributed by atoms with Crippen LogP contribution in [0.3, 0.4) is 0 Å². The SMILES string of the molecule is COc1ccc2nc(-c3cc4ccccc4oc3=O)sc2c1. The average molecular weight is 309 g/mol. The van der Waals surface area contributed by atoms with Crippen LogP contribution in [0.15, 0.2) is 57.7 Å². The van der Waals surface area contributed by atoms with E-state index >= 15 is 0 Å². The van der Waals surface area contributed by atoms with Gasteiger partial charge in [-0.2, -0.15) is 0 Å². The van der Waals surface area contributed by atoms with Crippen LogP contribution in [0.4, 0.5) is 0 Å². The van der Waals surface area contributed by atoms with Gasteiger partial charge in [-0.1, -0.05) is 18.2 Å². The minimum absolute atomic E-state index is 0.371. The molecule has 0 saturated carbocycles. The molecule has 0 atom stereocenters. The molecule has 108 valence electrons. The fraction of sp³-hybridized carbons (Fsp3) is 0.0588. The molecule has 2 aromatic heterocycles. The normalized spacial score (nSPS) is 11.1. The molecule has 0 amide bonds. The highest BCUT2D eigenvalue weighted by molar-refractivity contribution is 7.21. The molecule has 5 heteroatoms. The predicted octanol–water partition coefficient (Wildman–Crippen LogP) is 4.08. The number of nitrogens with zero attached hydrogens (tertiary/aromatic N) is 1. The topological polar surface area (TPSA) is 52.3 Å². The summed E-state index contributed by atoms with van der Waals surface area (Å²) in [4.78, 5) is 16.7. The van der Waals surface area contributed by atoms with Crippen molar-refractivity contribution in [1.82, 2.24) is 4.98 Å². The largest absolute Gasteiger partial charge is 0.497 e. The van der Waals surface area contributed by atoms with E-state index in [0.717, 1.165) is 21.4 Å². The molecule has 0 aliphatic carbocycles. The number of hydrogen-bond donors (Lipinski definition) is 0. The number of para-hydroxylation sites is 1. The molecule has 0 unspecified atom stereocenters. The first-order valence-corrected chi connectivity index (χ1v) is 7.54. The molecule has 0 saturated heterocycles. The average Bonchev–Trinajstić information content (AvgIpc) is 2.96. The second-order valence-corrected chi connectivity index (χ2v) is 5.87. The Labute approximate surface area is 129 Å². The van der Waals surface area contributed by atoms with Gasteiger partial charge in [0.05, 0.1) is 22.9 Å². The molecular weight excluding hydrogens is 298 g/mol. The van der Waals surface area contributed by atoms with Crippen LogP contribution < -0.4 is 10.4 Å². The standard InChI is InChI=1S/C17H11NO3S/c1-20-11-6-7-13-15(9-11)22-16(18-13)12-8-10-4-2-3-5-14(10)21-17(12)19/h2-9H,1H3. The number of fused-ring (bicyclic) bond motifs is 2. The van der Waals surface area contributed by atoms with Crippen molar-refractivity contribution in [3.8, 4) is 16.3 Å². The van der Waals surface area contributed by atoms with Gasteiger partial charge in [-0.25, -0.2) is 9.78 Å². The maximum Gasteiger partial charge on any atom is 0.346 e. The third-order valence-electron chi connectivity index (χ3n) is 3.47. The van der Waals surface area contributed by atoms with Crippen molar-refractivity contribution in [3.05, 3.63) is 59.0 Å². The Morgan fingerprint density at radius 1 is 1.14 bits per heavy atom. The summed E-state index contributed by atoms with van der Waals surface area (Å²) in [6.45, 7) is 0. The lowest BCUT2D eigenvalue weighted by molar-refractivity contribution is 0.415. The third-order valence-corrected chi connectivity index (χ3v) is 4.52. The summed E-state index contributed by atoms with van der Waals surface area (Å²) in [6.07, 6.45) is 0. The second kappa shape index (κ2) is 4.96. The summed E-state index contributed by atoms with van der Waals surface area (Å²) < 4.78 is 11.6. The van der Waals surface area contributed by atoms with Crippen molar-refractivity contribution in [1.29, 1.82) is 0 Å². The van der Waals surface area contributed by atoms with Gasteiger partial charge in [0.25, 0.3) is 0 Å². The van der Waals surface area contributed by atoms with E-state index in [2.05, 4.69) is 4.98 Å². The van der Waals surface area contributed by atoms with Crippen molar-refractivity contribution < 1.29 is 9.15 Å². The van der Waals surface area contributed by atoms with E-state index < -0.39 is 0 Å². The molecule has 0 aliphatic rings. The molecule has 22 heavy (non-hydrogen) atoms. The number of aromatic nitrogens is 1. The summed E-state index contributed by atoms with van der Waals surface area (Å²) in [5.41, 5.74) is 1.54. The first kappa shape index (κ1) is 13.0. The molecule has 4 rings (SSSR count). The highest BCUT2D eigenvalue weighted by Gasteiger charge is 2.13. The first-order valence-electron chi connectivity index (χ1n) is 6.72. The zero-order valence-electron chi connectivity index (χ0n) is 11.7. The number of methoxy groups -OCH3 is 1. The van der Waals surface area contributed by atoms with Gasteiger partial charge < -0.3 is 9.15 Å². The van der Waals surface area contributed by atoms with Gasteiger partial charge in [0.15, 0.2) is 0 Å². The zero-order valence-corrected chi connectivity index (χ0v) is 12.5. The minimum Gasteiger partial charge on any atom is -0.497 e. The lowest BCUT2D eigenvalue weighted by atomic mass is 10.2. The molecule has 4 nitrogen and oxygen atoms in total. The van der Waals surface area contributed by atoms with E-state index in [4.69, 9.17) is 9.15 Å². The maximum atomic E-state index is 12.2. The Morgan fingerprint density at radius 2 is 2.00 bits per heavy atom. The molecule has 2 aromatic carbocycles. The zero-order chi connectivity index (χ0) is 15.1. The number of benzene rings is 2. The van der Waals surface area contributed by atoms with E-state index in [0.29, 0.717) is 16.2 Å². The molecule has 4 aromatic rings. The van der Waals surface area contributed by atoms with Crippen LogP contribution in [0.5, 0.6) is 5.75 Å². The molecule has 2 heterocycles. The van der Waals surface area contributed by atoms with Crippen molar-refractivity contribution in [3.63, 3.8) is 0 Å². The van der Waals surface area contributed by atoms with Crippen molar-refractivity contribution in [2.24, 2.45) is 0 Å². The van der Waals surface area contributed by atoms with Crippen molar-refractivity contribution in [2.45, 2.75) is 0 Å². The predicted molar refractivity (Wildman–Crippen MR) is 87.7 cm³/mol. The van der Waals surface area contributed by atoms with Crippen LogP contribution in [0.2, 0.25) is 0 Å². The first-order chi connectivity index (χ1) is 10.7. The summed E-state index contributed by atoms with van der Waals surface area (Å²) in [5, 5.41) is 1.54. The summed E-state index contributed by atoms with van der Waals surface area (Å²) >= 11 is 1.45. The summed E-state index contributed by atoms with van der Waals surface area (Å²) in [6, 6.07) is 14.9. The molecule has 0 aliphatic heterocycles. The Bertz CT molecular complexity index is 1050. The number of thiazole rings is 1. The highest BCUT2D eigenvalue weighted by atomic mass is 32.1. The molecular formula is C17H11NO3S. The fourth-order valence-corrected chi connectivity index (χ4v) is 3.36. The van der Waals surface area contributed by atoms with Gasteiger partial charge in [-0.15, -0.1) is 11.3 Å². The lowest BCUT2D eigenvalue weighted by Crippen LogP contribution is -2.02. The molecule has 0 bridgehead atoms. The van der Waals surface area contributed by atoms with Gasteiger partial charge in [-0.05, 0) is 30.3 Å². The van der Waals surface area contributed by atoms with Crippen LogP contribution in [0, 0.1) is 0 Å². The molecule has 0 fully saturated rings. The molecule has 0 radical (unpaired) electrons. The smallest absolute Gasteiger partial charge is 0.346 e. The Morgan fingerprint density at radius 3 is 2.86 bits per heavy atom. The maximum absolute atomic E-state index is 12.2. The van der Waals surface area contributed by atoms with Gasteiger partial charge >= 0.3 is 5.63 Å². The Hall–Kier alpha value is -2.66. The van der Waals surface area contributed by atoms with E-state index in [1.807, 2.05) is 42.5 Å². The van der Waals surface area contributed by atoms with Gasteiger partial charge in [-0.3, -0.25) is 0 Å². The van der Waals surface area contributed by atoms with Crippen LogP contribution >= 0.6 is 11.3 Å². The van der Waals surface area contributed by atoms with E-state index in [1.165, 1.54) is 11.3 Å². The molecule has 0 spiro atoms. The number of hydrogen-bond acceptors (Lipinski definition) is 5. The van der Waals surface area contributed by atoms with Gasteiger partial charge in [0.2, 0.25) is 0 Å². The van der Waals surface area contributed by atoms with Crippen LogP contribution in [-0.4, -0.2) is 12.1 Å². The lowest BCUT2D eigenvalue weighted by Gasteiger charge is -1.98. The minimum atomic E-state index is -0.371. The fourth-order valence-electron chi connectivity index (χ4n) is 2.36. The highest BCUT2D eigenvalue weighted by Crippen LogP contribution is 2.31. The quantitative estimate of drug-likeness (QED) is 0.524. The van der Waals surface area contributed by atoms with Crippen LogP contribution in [0.1, 0.15) is 0 Å². The number of ether oxygens (including phenoxy) is 1. The third kappa shape index (κ3) is 2.07. The van der Waals surface area contributed by atoms with Crippen LogP contribution in [-0.2, 0) is 0 Å². The van der Waals surface area contributed by atoms with E-state index in [9.17, 15) is 4.79 Å².